The molecule has 122 valence electrons. The Morgan fingerprint density at radius 1 is 1.12 bits per heavy atom. The molecule has 0 aliphatic carbocycles. The summed E-state index contributed by atoms with van der Waals surface area (Å²) in [6.07, 6.45) is 0.0898. The van der Waals surface area contributed by atoms with Gasteiger partial charge in [-0.15, -0.1) is 11.3 Å². The average Bonchev–Trinajstić information content (AvgIpc) is 2.94. The molecule has 6 heteroatoms. The number of hydrogen-bond acceptors (Lipinski definition) is 4. The monoisotopic (exact) mass is 340 g/mol. The van der Waals surface area contributed by atoms with Crippen LogP contribution in [0.4, 0.5) is 0 Å². The average molecular weight is 340 g/mol. The van der Waals surface area contributed by atoms with Crippen LogP contribution in [0.25, 0.3) is 21.3 Å². The Hall–Kier alpha value is -2.73. The molecule has 24 heavy (non-hydrogen) atoms. The molecule has 1 amide bonds. The summed E-state index contributed by atoms with van der Waals surface area (Å²) in [5, 5.41) is 11.6. The Bertz CT molecular complexity index is 900. The number of fused-ring (bicyclic) bond motifs is 1. The molecule has 0 atom stereocenters. The Kier molecular flexibility index (Phi) is 4.57. The summed E-state index contributed by atoms with van der Waals surface area (Å²) in [6, 6.07) is 14.3. The van der Waals surface area contributed by atoms with E-state index in [1.165, 1.54) is 16.9 Å². The number of aryl methyl sites for hydroxylation is 1. The Morgan fingerprint density at radius 2 is 1.83 bits per heavy atom. The lowest BCUT2D eigenvalue weighted by atomic mass is 10.0. The number of amides is 1. The lowest BCUT2D eigenvalue weighted by Crippen LogP contribution is -2.30. The van der Waals surface area contributed by atoms with E-state index in [1.807, 2.05) is 12.1 Å². The number of carboxylic acids is 1. The Labute approximate surface area is 143 Å². The van der Waals surface area contributed by atoms with Crippen LogP contribution in [0, 0.1) is 6.92 Å². The van der Waals surface area contributed by atoms with Crippen LogP contribution in [0.2, 0.25) is 0 Å². The topological polar surface area (TPSA) is 79.3 Å². The molecule has 5 nitrogen and oxygen atoms in total. The predicted octanol–water partition coefficient (Wildman–Crippen LogP) is 3.02. The fourth-order valence-corrected chi connectivity index (χ4v) is 3.35. The summed E-state index contributed by atoms with van der Waals surface area (Å²) < 4.78 is 1.01. The Balaban J connectivity index is 1.80. The van der Waals surface area contributed by atoms with Gasteiger partial charge in [0.15, 0.2) is 0 Å². The fraction of sp³-hybridized carbons (Fsp3) is 0.167. The first-order chi connectivity index (χ1) is 11.5. The van der Waals surface area contributed by atoms with Crippen LogP contribution in [-0.4, -0.2) is 28.5 Å². The molecule has 0 fully saturated rings. The summed E-state index contributed by atoms with van der Waals surface area (Å²) in [5.74, 6) is -1.40. The minimum Gasteiger partial charge on any atom is -0.480 e. The van der Waals surface area contributed by atoms with Gasteiger partial charge in [0.2, 0.25) is 5.91 Å². The molecule has 0 bridgehead atoms. The van der Waals surface area contributed by atoms with E-state index in [-0.39, 0.29) is 18.9 Å². The van der Waals surface area contributed by atoms with Crippen LogP contribution in [0.1, 0.15) is 10.6 Å². The van der Waals surface area contributed by atoms with Gasteiger partial charge in [-0.2, -0.15) is 0 Å². The van der Waals surface area contributed by atoms with Crippen LogP contribution >= 0.6 is 11.3 Å². The van der Waals surface area contributed by atoms with Crippen molar-refractivity contribution in [2.45, 2.75) is 13.3 Å². The molecule has 3 rings (SSSR count). The molecule has 0 aliphatic heterocycles. The molecule has 3 aromatic rings. The maximum atomic E-state index is 11.7. The van der Waals surface area contributed by atoms with Crippen LogP contribution < -0.4 is 5.32 Å². The minimum atomic E-state index is -1.06. The lowest BCUT2D eigenvalue weighted by molar-refractivity contribution is -0.137. The van der Waals surface area contributed by atoms with Crippen molar-refractivity contribution in [3.8, 4) is 11.1 Å². The van der Waals surface area contributed by atoms with Crippen molar-refractivity contribution >= 4 is 33.4 Å². The first kappa shape index (κ1) is 16.1. The van der Waals surface area contributed by atoms with E-state index in [9.17, 15) is 9.59 Å². The smallest absolute Gasteiger partial charge is 0.322 e. The normalized spacial score (nSPS) is 10.7. The van der Waals surface area contributed by atoms with Gasteiger partial charge in [-0.05, 0) is 30.2 Å². The molecule has 0 aliphatic rings. The molecule has 0 unspecified atom stereocenters. The van der Waals surface area contributed by atoms with Crippen molar-refractivity contribution < 1.29 is 14.7 Å². The summed E-state index contributed by atoms with van der Waals surface area (Å²) in [6.45, 7) is 1.68. The zero-order valence-electron chi connectivity index (χ0n) is 13.1. The summed E-state index contributed by atoms with van der Waals surface area (Å²) in [7, 11) is 0. The second kappa shape index (κ2) is 6.80. The number of benzene rings is 2. The third kappa shape index (κ3) is 3.78. The first-order valence-corrected chi connectivity index (χ1v) is 8.28. The van der Waals surface area contributed by atoms with Gasteiger partial charge in [-0.1, -0.05) is 35.9 Å². The van der Waals surface area contributed by atoms with Crippen molar-refractivity contribution in [3.05, 3.63) is 53.0 Å². The molecule has 2 aromatic carbocycles. The quantitative estimate of drug-likeness (QED) is 0.748. The summed E-state index contributed by atoms with van der Waals surface area (Å²) in [4.78, 5) is 26.6. The van der Waals surface area contributed by atoms with Crippen molar-refractivity contribution in [2.75, 3.05) is 6.54 Å². The van der Waals surface area contributed by atoms with Gasteiger partial charge in [-0.3, -0.25) is 9.59 Å². The van der Waals surface area contributed by atoms with Gasteiger partial charge in [0.1, 0.15) is 11.6 Å². The molecule has 2 N–H and O–H groups in total. The molecule has 0 spiro atoms. The zero-order valence-corrected chi connectivity index (χ0v) is 13.9. The predicted molar refractivity (Wildman–Crippen MR) is 94.1 cm³/mol. The number of nitrogens with zero attached hydrogens (tertiary/aromatic N) is 1. The van der Waals surface area contributed by atoms with Crippen molar-refractivity contribution in [1.29, 1.82) is 0 Å². The van der Waals surface area contributed by atoms with Gasteiger partial charge in [0.05, 0.1) is 16.6 Å². The van der Waals surface area contributed by atoms with Gasteiger partial charge >= 0.3 is 5.97 Å². The fourth-order valence-electron chi connectivity index (χ4n) is 2.35. The van der Waals surface area contributed by atoms with Crippen LogP contribution in [0.5, 0.6) is 0 Å². The number of aliphatic carboxylic acids is 1. The molecular weight excluding hydrogens is 324 g/mol. The van der Waals surface area contributed by atoms with Crippen LogP contribution in [0.3, 0.4) is 0 Å². The van der Waals surface area contributed by atoms with E-state index in [2.05, 4.69) is 47.6 Å². The molecule has 1 aromatic heterocycles. The molecular formula is C18H16N2O3S. The number of aromatic nitrogens is 1. The van der Waals surface area contributed by atoms with E-state index >= 15 is 0 Å². The maximum Gasteiger partial charge on any atom is 0.322 e. The summed E-state index contributed by atoms with van der Waals surface area (Å²) >= 11 is 1.45. The van der Waals surface area contributed by atoms with Crippen LogP contribution in [0.15, 0.2) is 42.5 Å². The SMILES string of the molecule is Cc1ccc(-c2ccc3nc(CC(=O)NCC(=O)O)sc3c2)cc1. The molecule has 1 heterocycles. The van der Waals surface area contributed by atoms with Gasteiger partial charge in [-0.25, -0.2) is 4.98 Å². The van der Waals surface area contributed by atoms with E-state index in [1.54, 1.807) is 0 Å². The van der Waals surface area contributed by atoms with E-state index < -0.39 is 5.97 Å². The van der Waals surface area contributed by atoms with Crippen LogP contribution in [-0.2, 0) is 16.0 Å². The van der Waals surface area contributed by atoms with E-state index in [4.69, 9.17) is 5.11 Å². The minimum absolute atomic E-state index is 0.0898. The van der Waals surface area contributed by atoms with Crippen molar-refractivity contribution in [2.24, 2.45) is 0 Å². The number of carbonyl (C=O) groups is 2. The number of hydrogen-bond donors (Lipinski definition) is 2. The zero-order chi connectivity index (χ0) is 17.1. The van der Waals surface area contributed by atoms with Crippen molar-refractivity contribution in [3.63, 3.8) is 0 Å². The highest BCUT2D eigenvalue weighted by Gasteiger charge is 2.10. The lowest BCUT2D eigenvalue weighted by Gasteiger charge is -2.01. The van der Waals surface area contributed by atoms with E-state index in [0.29, 0.717) is 5.01 Å². The third-order valence-corrected chi connectivity index (χ3v) is 4.58. The number of carbonyl (C=O) groups excluding carboxylic acids is 1. The second-order valence-electron chi connectivity index (χ2n) is 5.50. The standard InChI is InChI=1S/C18H16N2O3S/c1-11-2-4-12(5-3-11)13-6-7-14-15(8-13)24-17(20-14)9-16(21)19-10-18(22)23/h2-8H,9-10H2,1H3,(H,19,21)(H,22,23). The molecule has 0 radical (unpaired) electrons. The molecule has 0 saturated carbocycles. The molecule has 0 saturated heterocycles. The van der Waals surface area contributed by atoms with Gasteiger partial charge in [0.25, 0.3) is 0 Å². The second-order valence-corrected chi connectivity index (χ2v) is 6.62. The number of carboxylic acid groups (broad SMARTS) is 1. The first-order valence-electron chi connectivity index (χ1n) is 7.46. The maximum absolute atomic E-state index is 11.7. The summed E-state index contributed by atoms with van der Waals surface area (Å²) in [5.41, 5.74) is 4.30. The van der Waals surface area contributed by atoms with Gasteiger partial charge < -0.3 is 10.4 Å². The number of nitrogens with one attached hydrogen (secondary N) is 1. The van der Waals surface area contributed by atoms with Crippen molar-refractivity contribution in [1.82, 2.24) is 10.3 Å². The third-order valence-electron chi connectivity index (χ3n) is 3.57. The number of rotatable bonds is 5. The largest absolute Gasteiger partial charge is 0.480 e. The van der Waals surface area contributed by atoms with Gasteiger partial charge in [0, 0.05) is 0 Å². The number of thiazole rings is 1. The highest BCUT2D eigenvalue weighted by Crippen LogP contribution is 2.28. The highest BCUT2D eigenvalue weighted by molar-refractivity contribution is 7.18. The van der Waals surface area contributed by atoms with E-state index in [0.717, 1.165) is 21.3 Å². The Morgan fingerprint density at radius 3 is 2.54 bits per heavy atom. The highest BCUT2D eigenvalue weighted by atomic mass is 32.1.